The van der Waals surface area contributed by atoms with Crippen molar-refractivity contribution >= 4 is 17.4 Å². The van der Waals surface area contributed by atoms with Crippen molar-refractivity contribution in [3.05, 3.63) is 16.9 Å². The van der Waals surface area contributed by atoms with Gasteiger partial charge in [0.05, 0.1) is 23.1 Å². The lowest BCUT2D eigenvalue weighted by Gasteiger charge is -2.08. The van der Waals surface area contributed by atoms with Gasteiger partial charge >= 0.3 is 0 Å². The number of aromatic nitrogens is 2. The number of halogens is 1. The molecule has 0 amide bonds. The third-order valence-corrected chi connectivity index (χ3v) is 2.25. The van der Waals surface area contributed by atoms with E-state index in [1.165, 1.54) is 0 Å². The van der Waals surface area contributed by atoms with Crippen molar-refractivity contribution in [2.24, 2.45) is 11.7 Å². The van der Waals surface area contributed by atoms with Gasteiger partial charge in [-0.15, -0.1) is 0 Å². The number of hydrogen-bond donors (Lipinski definition) is 2. The van der Waals surface area contributed by atoms with E-state index in [1.807, 2.05) is 13.8 Å². The molecule has 1 heterocycles. The standard InChI is InChI=1S/C8H13ClN4/c1-5(8(10)11)3-13-4-7(9)6(2)12-13/h4-5H,3H2,1-2H3,(H3,10,11). The molecular weight excluding hydrogens is 188 g/mol. The lowest BCUT2D eigenvalue weighted by Crippen LogP contribution is -2.24. The van der Waals surface area contributed by atoms with Gasteiger partial charge in [-0.25, -0.2) is 0 Å². The number of nitrogens with zero attached hydrogens (tertiary/aromatic N) is 2. The Morgan fingerprint density at radius 1 is 1.85 bits per heavy atom. The van der Waals surface area contributed by atoms with Gasteiger partial charge in [-0.3, -0.25) is 10.1 Å². The van der Waals surface area contributed by atoms with E-state index in [4.69, 9.17) is 22.7 Å². The van der Waals surface area contributed by atoms with Crippen LogP contribution in [0.15, 0.2) is 6.20 Å². The molecule has 4 nitrogen and oxygen atoms in total. The van der Waals surface area contributed by atoms with Crippen LogP contribution in [-0.4, -0.2) is 15.6 Å². The summed E-state index contributed by atoms with van der Waals surface area (Å²) in [5.74, 6) is 0.166. The van der Waals surface area contributed by atoms with Crippen molar-refractivity contribution in [2.45, 2.75) is 20.4 Å². The smallest absolute Gasteiger partial charge is 0.0952 e. The molecule has 0 radical (unpaired) electrons. The first kappa shape index (κ1) is 10.1. The Balaban J connectivity index is 2.69. The molecule has 0 fully saturated rings. The predicted molar refractivity (Wildman–Crippen MR) is 53.1 cm³/mol. The average molecular weight is 201 g/mol. The van der Waals surface area contributed by atoms with Gasteiger partial charge in [0.15, 0.2) is 0 Å². The van der Waals surface area contributed by atoms with E-state index in [0.29, 0.717) is 11.6 Å². The first-order valence-electron chi connectivity index (χ1n) is 4.04. The van der Waals surface area contributed by atoms with Gasteiger partial charge in [0.1, 0.15) is 0 Å². The van der Waals surface area contributed by atoms with Crippen LogP contribution in [0.25, 0.3) is 0 Å². The molecule has 1 rings (SSSR count). The first-order chi connectivity index (χ1) is 6.00. The van der Waals surface area contributed by atoms with Crippen molar-refractivity contribution in [1.82, 2.24) is 9.78 Å². The fraction of sp³-hybridized carbons (Fsp3) is 0.500. The van der Waals surface area contributed by atoms with Gasteiger partial charge in [-0.1, -0.05) is 18.5 Å². The lowest BCUT2D eigenvalue weighted by molar-refractivity contribution is 0.534. The van der Waals surface area contributed by atoms with Crippen molar-refractivity contribution in [3.8, 4) is 0 Å². The zero-order valence-electron chi connectivity index (χ0n) is 7.71. The Morgan fingerprint density at radius 3 is 2.85 bits per heavy atom. The van der Waals surface area contributed by atoms with Crippen LogP contribution >= 0.6 is 11.6 Å². The van der Waals surface area contributed by atoms with E-state index in [0.717, 1.165) is 5.69 Å². The fourth-order valence-corrected chi connectivity index (χ4v) is 1.12. The summed E-state index contributed by atoms with van der Waals surface area (Å²) in [6.45, 7) is 4.33. The normalized spacial score (nSPS) is 12.8. The van der Waals surface area contributed by atoms with E-state index in [9.17, 15) is 0 Å². The van der Waals surface area contributed by atoms with E-state index < -0.39 is 0 Å². The van der Waals surface area contributed by atoms with Gasteiger partial charge in [0, 0.05) is 12.1 Å². The number of aryl methyl sites for hydroxylation is 1. The monoisotopic (exact) mass is 200 g/mol. The second-order valence-corrected chi connectivity index (χ2v) is 3.55. The minimum absolute atomic E-state index is 0.00429. The largest absolute Gasteiger partial charge is 0.387 e. The molecule has 0 bridgehead atoms. The van der Waals surface area contributed by atoms with Crippen LogP contribution in [-0.2, 0) is 6.54 Å². The molecule has 1 unspecified atom stereocenters. The average Bonchev–Trinajstić information content (AvgIpc) is 2.31. The van der Waals surface area contributed by atoms with Crippen molar-refractivity contribution in [1.29, 1.82) is 5.41 Å². The molecule has 0 aliphatic rings. The highest BCUT2D eigenvalue weighted by molar-refractivity contribution is 6.31. The summed E-state index contributed by atoms with van der Waals surface area (Å²) in [5.41, 5.74) is 6.14. The van der Waals surface area contributed by atoms with Gasteiger partial charge in [0.2, 0.25) is 0 Å². The summed E-state index contributed by atoms with van der Waals surface area (Å²) in [4.78, 5) is 0. The molecule has 0 saturated heterocycles. The molecule has 5 heteroatoms. The Morgan fingerprint density at radius 2 is 2.46 bits per heavy atom. The molecule has 1 aromatic heterocycles. The summed E-state index contributed by atoms with van der Waals surface area (Å²) in [6, 6.07) is 0. The SMILES string of the molecule is Cc1nn(CC(C)C(=N)N)cc1Cl. The third kappa shape index (κ3) is 2.45. The van der Waals surface area contributed by atoms with Gasteiger partial charge in [-0.2, -0.15) is 5.10 Å². The maximum absolute atomic E-state index is 7.21. The molecule has 1 atom stereocenters. The van der Waals surface area contributed by atoms with Crippen LogP contribution in [0.2, 0.25) is 5.02 Å². The summed E-state index contributed by atoms with van der Waals surface area (Å²) >= 11 is 5.82. The molecule has 0 aromatic carbocycles. The Bertz CT molecular complexity index is 298. The third-order valence-electron chi connectivity index (χ3n) is 1.88. The molecule has 1 aromatic rings. The Kier molecular flexibility index (Phi) is 2.93. The number of hydrogen-bond acceptors (Lipinski definition) is 2. The van der Waals surface area contributed by atoms with Crippen molar-refractivity contribution in [2.75, 3.05) is 0 Å². The number of amidine groups is 1. The van der Waals surface area contributed by atoms with Crippen molar-refractivity contribution < 1.29 is 0 Å². The maximum Gasteiger partial charge on any atom is 0.0952 e. The number of nitrogens with two attached hydrogens (primary N) is 1. The van der Waals surface area contributed by atoms with Crippen LogP contribution in [0.5, 0.6) is 0 Å². The maximum atomic E-state index is 7.21. The summed E-state index contributed by atoms with van der Waals surface area (Å²) < 4.78 is 1.71. The van der Waals surface area contributed by atoms with Gasteiger partial charge < -0.3 is 5.73 Å². The number of rotatable bonds is 3. The lowest BCUT2D eigenvalue weighted by atomic mass is 10.2. The summed E-state index contributed by atoms with van der Waals surface area (Å²) in [7, 11) is 0. The summed E-state index contributed by atoms with van der Waals surface area (Å²) in [5, 5.41) is 12.0. The van der Waals surface area contributed by atoms with Crippen LogP contribution in [0.3, 0.4) is 0 Å². The Labute approximate surface area is 82.2 Å². The van der Waals surface area contributed by atoms with Gasteiger partial charge in [-0.05, 0) is 6.92 Å². The summed E-state index contributed by atoms with van der Waals surface area (Å²) in [6.07, 6.45) is 1.75. The van der Waals surface area contributed by atoms with Crippen LogP contribution in [0, 0.1) is 18.3 Å². The highest BCUT2D eigenvalue weighted by atomic mass is 35.5. The van der Waals surface area contributed by atoms with E-state index >= 15 is 0 Å². The molecule has 0 aliphatic heterocycles. The first-order valence-corrected chi connectivity index (χ1v) is 4.42. The van der Waals surface area contributed by atoms with Crippen LogP contribution in [0.4, 0.5) is 0 Å². The van der Waals surface area contributed by atoms with E-state index in [-0.39, 0.29) is 11.8 Å². The zero-order chi connectivity index (χ0) is 10.0. The molecule has 0 aliphatic carbocycles. The van der Waals surface area contributed by atoms with E-state index in [1.54, 1.807) is 10.9 Å². The number of nitrogens with one attached hydrogen (secondary N) is 1. The van der Waals surface area contributed by atoms with Crippen LogP contribution in [0.1, 0.15) is 12.6 Å². The zero-order valence-corrected chi connectivity index (χ0v) is 8.47. The molecule has 0 spiro atoms. The quantitative estimate of drug-likeness (QED) is 0.573. The molecule has 13 heavy (non-hydrogen) atoms. The second kappa shape index (κ2) is 3.79. The fourth-order valence-electron chi connectivity index (χ4n) is 0.966. The molecule has 3 N–H and O–H groups in total. The predicted octanol–water partition coefficient (Wildman–Crippen LogP) is 1.42. The highest BCUT2D eigenvalue weighted by Crippen LogP contribution is 2.13. The second-order valence-electron chi connectivity index (χ2n) is 3.14. The van der Waals surface area contributed by atoms with Crippen LogP contribution < -0.4 is 5.73 Å². The highest BCUT2D eigenvalue weighted by Gasteiger charge is 2.08. The Hall–Kier alpha value is -1.03. The minimum Gasteiger partial charge on any atom is -0.387 e. The van der Waals surface area contributed by atoms with E-state index in [2.05, 4.69) is 5.10 Å². The minimum atomic E-state index is -0.00429. The van der Waals surface area contributed by atoms with Gasteiger partial charge in [0.25, 0.3) is 0 Å². The van der Waals surface area contributed by atoms with Crippen molar-refractivity contribution in [3.63, 3.8) is 0 Å². The molecular formula is C8H13ClN4. The molecule has 0 saturated carbocycles. The molecule has 72 valence electrons. The topological polar surface area (TPSA) is 67.7 Å².